The molecule has 0 saturated heterocycles. The molecule has 0 aliphatic carbocycles. The minimum atomic E-state index is -0.195. The highest BCUT2D eigenvalue weighted by molar-refractivity contribution is 6.30. The predicted molar refractivity (Wildman–Crippen MR) is 124 cm³/mol. The number of H-pyrrole nitrogens is 1. The van der Waals surface area contributed by atoms with Crippen molar-refractivity contribution >= 4 is 45.8 Å². The smallest absolute Gasteiger partial charge is 0.255 e. The third-order valence-corrected chi connectivity index (χ3v) is 5.07. The quantitative estimate of drug-likeness (QED) is 0.390. The van der Waals surface area contributed by atoms with E-state index in [4.69, 9.17) is 11.6 Å². The molecule has 0 fully saturated rings. The zero-order valence-corrected chi connectivity index (χ0v) is 17.7. The number of anilines is 2. The van der Waals surface area contributed by atoms with Crippen molar-refractivity contribution in [1.29, 1.82) is 0 Å². The molecule has 0 unspecified atom stereocenters. The average Bonchev–Trinajstić information content (AvgIpc) is 3.16. The largest absolute Gasteiger partial charge is 0.342 e. The van der Waals surface area contributed by atoms with Gasteiger partial charge in [0.1, 0.15) is 5.82 Å². The Hall–Kier alpha value is -3.64. The molecule has 0 bridgehead atoms. The molecule has 0 aliphatic heterocycles. The van der Waals surface area contributed by atoms with E-state index in [1.165, 1.54) is 6.92 Å². The highest BCUT2D eigenvalue weighted by atomic mass is 35.5. The molecule has 3 N–H and O–H groups in total. The first-order valence-corrected chi connectivity index (χ1v) is 10.3. The first kappa shape index (κ1) is 20.6. The zero-order chi connectivity index (χ0) is 21.8. The molecule has 2 amide bonds. The lowest BCUT2D eigenvalue weighted by Gasteiger charge is -2.05. The number of fused-ring (bicyclic) bond motifs is 1. The first-order chi connectivity index (χ1) is 15.0. The molecule has 1 heterocycles. The fourth-order valence-corrected chi connectivity index (χ4v) is 3.41. The van der Waals surface area contributed by atoms with Crippen molar-refractivity contribution in [2.45, 2.75) is 19.8 Å². The molecule has 0 spiro atoms. The topological polar surface area (TPSA) is 86.9 Å². The standard InChI is InChI=1S/C24H21ClN4O2/c1-15(30)26-19-8-2-16(3-9-19)4-13-23-28-21-12-5-17(14-22(21)29-23)24(31)27-20-10-6-18(25)7-11-20/h2-3,5-12,14H,4,13H2,1H3,(H,26,30)(H,27,31)(H,28,29). The molecule has 4 rings (SSSR count). The maximum Gasteiger partial charge on any atom is 0.255 e. The number of nitrogens with zero attached hydrogens (tertiary/aromatic N) is 1. The Balaban J connectivity index is 1.41. The van der Waals surface area contributed by atoms with Gasteiger partial charge in [-0.15, -0.1) is 0 Å². The van der Waals surface area contributed by atoms with E-state index in [0.29, 0.717) is 16.3 Å². The molecule has 31 heavy (non-hydrogen) atoms. The number of aromatic amines is 1. The van der Waals surface area contributed by atoms with Gasteiger partial charge in [0.05, 0.1) is 11.0 Å². The van der Waals surface area contributed by atoms with Gasteiger partial charge in [0.25, 0.3) is 5.91 Å². The number of aromatic nitrogens is 2. The van der Waals surface area contributed by atoms with Crippen LogP contribution in [0.3, 0.4) is 0 Å². The van der Waals surface area contributed by atoms with Crippen LogP contribution in [-0.2, 0) is 17.6 Å². The van der Waals surface area contributed by atoms with Gasteiger partial charge in [-0.2, -0.15) is 0 Å². The van der Waals surface area contributed by atoms with Crippen molar-refractivity contribution in [3.8, 4) is 0 Å². The third kappa shape index (κ3) is 5.29. The number of carbonyl (C=O) groups excluding carboxylic acids is 2. The number of hydrogen-bond donors (Lipinski definition) is 3. The fourth-order valence-electron chi connectivity index (χ4n) is 3.28. The lowest BCUT2D eigenvalue weighted by atomic mass is 10.1. The van der Waals surface area contributed by atoms with Gasteiger partial charge in [-0.05, 0) is 66.6 Å². The Morgan fingerprint density at radius 1 is 0.903 bits per heavy atom. The van der Waals surface area contributed by atoms with E-state index >= 15 is 0 Å². The number of aryl methyl sites for hydroxylation is 2. The van der Waals surface area contributed by atoms with Gasteiger partial charge in [0, 0.05) is 35.3 Å². The van der Waals surface area contributed by atoms with Crippen LogP contribution >= 0.6 is 11.6 Å². The van der Waals surface area contributed by atoms with Crippen molar-refractivity contribution < 1.29 is 9.59 Å². The molecule has 7 heteroatoms. The van der Waals surface area contributed by atoms with E-state index in [9.17, 15) is 9.59 Å². The minimum Gasteiger partial charge on any atom is -0.342 e. The monoisotopic (exact) mass is 432 g/mol. The van der Waals surface area contributed by atoms with E-state index in [2.05, 4.69) is 20.6 Å². The van der Waals surface area contributed by atoms with Crippen LogP contribution in [0.2, 0.25) is 5.02 Å². The molecule has 4 aromatic rings. The van der Waals surface area contributed by atoms with Gasteiger partial charge < -0.3 is 15.6 Å². The van der Waals surface area contributed by atoms with Gasteiger partial charge in [0.2, 0.25) is 5.91 Å². The second-order valence-electron chi connectivity index (χ2n) is 7.25. The summed E-state index contributed by atoms with van der Waals surface area (Å²) in [7, 11) is 0. The van der Waals surface area contributed by atoms with E-state index < -0.39 is 0 Å². The van der Waals surface area contributed by atoms with Crippen molar-refractivity contribution in [2.24, 2.45) is 0 Å². The minimum absolute atomic E-state index is 0.0868. The molecular weight excluding hydrogens is 412 g/mol. The van der Waals surface area contributed by atoms with Gasteiger partial charge >= 0.3 is 0 Å². The zero-order valence-electron chi connectivity index (χ0n) is 16.9. The van der Waals surface area contributed by atoms with Crippen molar-refractivity contribution in [2.75, 3.05) is 10.6 Å². The number of carbonyl (C=O) groups is 2. The summed E-state index contributed by atoms with van der Waals surface area (Å²) in [4.78, 5) is 31.6. The van der Waals surface area contributed by atoms with E-state index in [-0.39, 0.29) is 11.8 Å². The van der Waals surface area contributed by atoms with E-state index in [1.807, 2.05) is 30.3 Å². The van der Waals surface area contributed by atoms with Crippen molar-refractivity contribution in [3.63, 3.8) is 0 Å². The number of imidazole rings is 1. The van der Waals surface area contributed by atoms with Crippen LogP contribution in [0.25, 0.3) is 11.0 Å². The van der Waals surface area contributed by atoms with E-state index in [0.717, 1.165) is 41.0 Å². The Morgan fingerprint density at radius 2 is 1.58 bits per heavy atom. The maximum atomic E-state index is 12.5. The SMILES string of the molecule is CC(=O)Nc1ccc(CCc2nc3ccc(C(=O)Nc4ccc(Cl)cc4)cc3[nH]2)cc1. The summed E-state index contributed by atoms with van der Waals surface area (Å²) in [6.45, 7) is 1.49. The number of nitrogens with one attached hydrogen (secondary N) is 3. The summed E-state index contributed by atoms with van der Waals surface area (Å²) in [5.74, 6) is 0.576. The molecule has 0 radical (unpaired) electrons. The molecule has 0 atom stereocenters. The first-order valence-electron chi connectivity index (χ1n) is 9.88. The number of rotatable bonds is 6. The lowest BCUT2D eigenvalue weighted by molar-refractivity contribution is -0.114. The second kappa shape index (κ2) is 9.02. The van der Waals surface area contributed by atoms with Crippen LogP contribution in [0.4, 0.5) is 11.4 Å². The van der Waals surface area contributed by atoms with Crippen molar-refractivity contribution in [3.05, 3.63) is 88.7 Å². The molecule has 6 nitrogen and oxygen atoms in total. The molecular formula is C24H21ClN4O2. The van der Waals surface area contributed by atoms with Gasteiger partial charge in [-0.3, -0.25) is 9.59 Å². The van der Waals surface area contributed by atoms with E-state index in [1.54, 1.807) is 36.4 Å². The molecule has 0 aliphatic rings. The van der Waals surface area contributed by atoms with Gasteiger partial charge in [-0.1, -0.05) is 23.7 Å². The Kier molecular flexibility index (Phi) is 6.00. The van der Waals surface area contributed by atoms with Crippen LogP contribution in [0.5, 0.6) is 0 Å². The number of halogens is 1. The van der Waals surface area contributed by atoms with Crippen LogP contribution in [0.15, 0.2) is 66.7 Å². The number of benzene rings is 3. The highest BCUT2D eigenvalue weighted by Gasteiger charge is 2.10. The van der Waals surface area contributed by atoms with Gasteiger partial charge in [0.15, 0.2) is 0 Å². The molecule has 3 aromatic carbocycles. The predicted octanol–water partition coefficient (Wildman–Crippen LogP) is 5.21. The average molecular weight is 433 g/mol. The summed E-state index contributed by atoms with van der Waals surface area (Å²) in [5, 5.41) is 6.24. The van der Waals surface area contributed by atoms with Crippen LogP contribution in [-0.4, -0.2) is 21.8 Å². The Morgan fingerprint density at radius 3 is 2.29 bits per heavy atom. The summed E-state index contributed by atoms with van der Waals surface area (Å²) >= 11 is 5.88. The summed E-state index contributed by atoms with van der Waals surface area (Å²) in [6.07, 6.45) is 1.55. The van der Waals surface area contributed by atoms with Crippen LogP contribution in [0.1, 0.15) is 28.7 Å². The van der Waals surface area contributed by atoms with Gasteiger partial charge in [-0.25, -0.2) is 4.98 Å². The maximum absolute atomic E-state index is 12.5. The highest BCUT2D eigenvalue weighted by Crippen LogP contribution is 2.18. The van der Waals surface area contributed by atoms with Crippen LogP contribution in [0, 0.1) is 0 Å². The third-order valence-electron chi connectivity index (χ3n) is 4.82. The summed E-state index contributed by atoms with van der Waals surface area (Å²) in [6, 6.07) is 20.2. The summed E-state index contributed by atoms with van der Waals surface area (Å²) < 4.78 is 0. The van der Waals surface area contributed by atoms with Crippen molar-refractivity contribution in [1.82, 2.24) is 9.97 Å². The second-order valence-corrected chi connectivity index (χ2v) is 7.69. The lowest BCUT2D eigenvalue weighted by Crippen LogP contribution is -2.11. The Bertz CT molecular complexity index is 1230. The molecule has 156 valence electrons. The fraction of sp³-hybridized carbons (Fsp3) is 0.125. The summed E-state index contributed by atoms with van der Waals surface area (Å²) in [5.41, 5.74) is 4.80. The number of hydrogen-bond acceptors (Lipinski definition) is 3. The normalized spacial score (nSPS) is 10.8. The Labute approximate surface area is 184 Å². The van der Waals surface area contributed by atoms with Crippen LogP contribution < -0.4 is 10.6 Å². The molecule has 0 saturated carbocycles. The number of amides is 2. The molecule has 1 aromatic heterocycles.